The lowest BCUT2D eigenvalue weighted by molar-refractivity contribution is 0.617. The molecule has 1 aromatic rings. The third-order valence-corrected chi connectivity index (χ3v) is 3.48. The first-order chi connectivity index (χ1) is 8.11. The smallest absolute Gasteiger partial charge is 0.124 e. The monoisotopic (exact) mass is 255 g/mol. The van der Waals surface area contributed by atoms with E-state index in [9.17, 15) is 4.39 Å². The zero-order valence-electron chi connectivity index (χ0n) is 10.9. The first-order valence-corrected chi connectivity index (χ1v) is 7.23. The summed E-state index contributed by atoms with van der Waals surface area (Å²) in [5, 5.41) is 3.22. The summed E-state index contributed by atoms with van der Waals surface area (Å²) in [6.45, 7) is 8.13. The molecule has 0 aliphatic rings. The number of halogens is 1. The van der Waals surface area contributed by atoms with Gasteiger partial charge in [-0.3, -0.25) is 0 Å². The SMILES string of the molecule is CCNCc1cc(F)cc(SCCC(C)C)c1. The van der Waals surface area contributed by atoms with Gasteiger partial charge in [-0.25, -0.2) is 4.39 Å². The van der Waals surface area contributed by atoms with Crippen molar-refractivity contribution in [1.29, 1.82) is 0 Å². The van der Waals surface area contributed by atoms with Gasteiger partial charge >= 0.3 is 0 Å². The van der Waals surface area contributed by atoms with Gasteiger partial charge in [0.1, 0.15) is 5.82 Å². The van der Waals surface area contributed by atoms with Crippen LogP contribution in [0.25, 0.3) is 0 Å². The van der Waals surface area contributed by atoms with Gasteiger partial charge in [0.15, 0.2) is 0 Å². The number of benzene rings is 1. The summed E-state index contributed by atoms with van der Waals surface area (Å²) >= 11 is 1.74. The lowest BCUT2D eigenvalue weighted by atomic mass is 10.2. The summed E-state index contributed by atoms with van der Waals surface area (Å²) in [7, 11) is 0. The molecule has 0 aliphatic heterocycles. The van der Waals surface area contributed by atoms with Gasteiger partial charge < -0.3 is 5.32 Å². The lowest BCUT2D eigenvalue weighted by Gasteiger charge is -2.07. The van der Waals surface area contributed by atoms with Crippen LogP contribution in [-0.4, -0.2) is 12.3 Å². The molecule has 0 amide bonds. The number of hydrogen-bond acceptors (Lipinski definition) is 2. The molecule has 0 aliphatic carbocycles. The molecule has 1 rings (SSSR count). The topological polar surface area (TPSA) is 12.0 Å². The Morgan fingerprint density at radius 2 is 2.06 bits per heavy atom. The van der Waals surface area contributed by atoms with Crippen LogP contribution in [0.3, 0.4) is 0 Å². The second kappa shape index (κ2) is 7.72. The molecule has 0 fully saturated rings. The van der Waals surface area contributed by atoms with E-state index < -0.39 is 0 Å². The summed E-state index contributed by atoms with van der Waals surface area (Å²) < 4.78 is 13.4. The molecule has 0 saturated carbocycles. The van der Waals surface area contributed by atoms with E-state index in [-0.39, 0.29) is 5.82 Å². The Morgan fingerprint density at radius 3 is 2.71 bits per heavy atom. The number of thioether (sulfide) groups is 1. The van der Waals surface area contributed by atoms with Gasteiger partial charge in [0.25, 0.3) is 0 Å². The first-order valence-electron chi connectivity index (χ1n) is 6.24. The molecule has 0 spiro atoms. The van der Waals surface area contributed by atoms with E-state index >= 15 is 0 Å². The Bertz CT molecular complexity index is 339. The Kier molecular flexibility index (Phi) is 6.60. The fourth-order valence-corrected chi connectivity index (χ4v) is 2.74. The Hall–Kier alpha value is -0.540. The second-order valence-corrected chi connectivity index (χ2v) is 5.77. The third kappa shape index (κ3) is 6.08. The van der Waals surface area contributed by atoms with Gasteiger partial charge in [-0.05, 0) is 48.4 Å². The van der Waals surface area contributed by atoms with E-state index in [1.54, 1.807) is 23.9 Å². The zero-order valence-corrected chi connectivity index (χ0v) is 11.7. The van der Waals surface area contributed by atoms with Crippen LogP contribution >= 0.6 is 11.8 Å². The van der Waals surface area contributed by atoms with E-state index in [4.69, 9.17) is 0 Å². The first kappa shape index (κ1) is 14.5. The van der Waals surface area contributed by atoms with Crippen molar-refractivity contribution in [2.75, 3.05) is 12.3 Å². The zero-order chi connectivity index (χ0) is 12.7. The van der Waals surface area contributed by atoms with Crippen LogP contribution < -0.4 is 5.32 Å². The molecule has 0 heterocycles. The van der Waals surface area contributed by atoms with Gasteiger partial charge in [-0.2, -0.15) is 0 Å². The summed E-state index contributed by atoms with van der Waals surface area (Å²) in [5.74, 6) is 1.63. The van der Waals surface area contributed by atoms with Gasteiger partial charge in [0.05, 0.1) is 0 Å². The second-order valence-electron chi connectivity index (χ2n) is 4.61. The van der Waals surface area contributed by atoms with Gasteiger partial charge in [0, 0.05) is 11.4 Å². The van der Waals surface area contributed by atoms with Crippen molar-refractivity contribution in [3.63, 3.8) is 0 Å². The van der Waals surface area contributed by atoms with E-state index in [0.717, 1.165) is 29.3 Å². The average Bonchev–Trinajstić information content (AvgIpc) is 2.25. The number of nitrogens with one attached hydrogen (secondary N) is 1. The van der Waals surface area contributed by atoms with Crippen molar-refractivity contribution in [2.24, 2.45) is 5.92 Å². The van der Waals surface area contributed by atoms with Crippen LogP contribution in [-0.2, 0) is 6.54 Å². The number of hydrogen-bond donors (Lipinski definition) is 1. The molecule has 17 heavy (non-hydrogen) atoms. The quantitative estimate of drug-likeness (QED) is 0.737. The van der Waals surface area contributed by atoms with Gasteiger partial charge in [-0.15, -0.1) is 11.8 Å². The summed E-state index contributed by atoms with van der Waals surface area (Å²) in [5.41, 5.74) is 1.03. The Morgan fingerprint density at radius 1 is 1.29 bits per heavy atom. The minimum atomic E-state index is -0.132. The van der Waals surface area contributed by atoms with Crippen molar-refractivity contribution in [2.45, 2.75) is 38.6 Å². The van der Waals surface area contributed by atoms with Gasteiger partial charge in [0.2, 0.25) is 0 Å². The molecule has 0 unspecified atom stereocenters. The third-order valence-electron chi connectivity index (χ3n) is 2.47. The van der Waals surface area contributed by atoms with Crippen LogP contribution in [0.4, 0.5) is 4.39 Å². The molecule has 0 radical (unpaired) electrons. The Balaban J connectivity index is 2.55. The summed E-state index contributed by atoms with van der Waals surface area (Å²) in [4.78, 5) is 1.04. The van der Waals surface area contributed by atoms with Crippen LogP contribution in [0.15, 0.2) is 23.1 Å². The summed E-state index contributed by atoms with van der Waals surface area (Å²) in [6, 6.07) is 5.31. The summed E-state index contributed by atoms with van der Waals surface area (Å²) in [6.07, 6.45) is 1.17. The van der Waals surface area contributed by atoms with Crippen molar-refractivity contribution in [1.82, 2.24) is 5.32 Å². The average molecular weight is 255 g/mol. The largest absolute Gasteiger partial charge is 0.313 e. The fourth-order valence-electron chi connectivity index (χ4n) is 1.49. The van der Waals surface area contributed by atoms with Crippen LogP contribution in [0.2, 0.25) is 0 Å². The maximum absolute atomic E-state index is 13.4. The molecule has 0 bridgehead atoms. The van der Waals surface area contributed by atoms with Crippen molar-refractivity contribution < 1.29 is 4.39 Å². The van der Waals surface area contributed by atoms with E-state index in [0.29, 0.717) is 5.92 Å². The predicted octanol–water partition coefficient (Wildman–Crippen LogP) is 4.07. The molecule has 1 N–H and O–H groups in total. The van der Waals surface area contributed by atoms with E-state index in [1.807, 2.05) is 0 Å². The van der Waals surface area contributed by atoms with Crippen LogP contribution in [0.5, 0.6) is 0 Å². The highest BCUT2D eigenvalue weighted by Crippen LogP contribution is 2.23. The molecular formula is C14H22FNS. The maximum atomic E-state index is 13.4. The fraction of sp³-hybridized carbons (Fsp3) is 0.571. The Labute approximate surface area is 108 Å². The normalized spacial score (nSPS) is 11.1. The van der Waals surface area contributed by atoms with Crippen LogP contribution in [0, 0.1) is 11.7 Å². The predicted molar refractivity (Wildman–Crippen MR) is 74.0 cm³/mol. The lowest BCUT2D eigenvalue weighted by Crippen LogP contribution is -2.11. The van der Waals surface area contributed by atoms with E-state index in [1.165, 1.54) is 6.42 Å². The highest BCUT2D eigenvalue weighted by Gasteiger charge is 2.02. The molecule has 0 atom stereocenters. The molecule has 1 nitrogen and oxygen atoms in total. The standard InChI is InChI=1S/C14H22FNS/c1-4-16-10-12-7-13(15)9-14(8-12)17-6-5-11(2)3/h7-9,11,16H,4-6,10H2,1-3H3. The molecule has 96 valence electrons. The highest BCUT2D eigenvalue weighted by molar-refractivity contribution is 7.99. The number of rotatable bonds is 7. The van der Waals surface area contributed by atoms with Crippen molar-refractivity contribution in [3.8, 4) is 0 Å². The molecular weight excluding hydrogens is 233 g/mol. The molecule has 1 aromatic carbocycles. The minimum absolute atomic E-state index is 0.132. The van der Waals surface area contributed by atoms with Crippen molar-refractivity contribution in [3.05, 3.63) is 29.6 Å². The van der Waals surface area contributed by atoms with Crippen molar-refractivity contribution >= 4 is 11.8 Å². The van der Waals surface area contributed by atoms with Crippen LogP contribution in [0.1, 0.15) is 32.8 Å². The molecule has 0 saturated heterocycles. The van der Waals surface area contributed by atoms with E-state index in [2.05, 4.69) is 32.2 Å². The highest BCUT2D eigenvalue weighted by atomic mass is 32.2. The maximum Gasteiger partial charge on any atom is 0.124 e. The minimum Gasteiger partial charge on any atom is -0.313 e. The molecule has 3 heteroatoms. The molecule has 0 aromatic heterocycles. The van der Waals surface area contributed by atoms with Gasteiger partial charge in [-0.1, -0.05) is 20.8 Å².